The Labute approximate surface area is 139 Å². The number of carbonyl (C=O) groups is 1. The van der Waals surface area contributed by atoms with Gasteiger partial charge >= 0.3 is 0 Å². The van der Waals surface area contributed by atoms with Crippen molar-refractivity contribution in [2.24, 2.45) is 0 Å². The van der Waals surface area contributed by atoms with Gasteiger partial charge in [-0.15, -0.1) is 0 Å². The predicted molar refractivity (Wildman–Crippen MR) is 82.5 cm³/mol. The molecule has 3 heterocycles. The Hall–Kier alpha value is -2.19. The van der Waals surface area contributed by atoms with E-state index >= 15 is 0 Å². The molecule has 130 valence electrons. The SMILES string of the molecule is Cc1noc(C)c1CO[C@H]1COCC[C@@H]1NC(=O)c1ncoc1C. The van der Waals surface area contributed by atoms with Gasteiger partial charge in [0.15, 0.2) is 12.1 Å². The standard InChI is InChI=1S/C16H21N3O5/c1-9-12(10(2)24-19-9)6-22-14-7-21-5-4-13(14)18-16(20)15-11(3)23-8-17-15/h8,13-14H,4-7H2,1-3H3,(H,18,20)/t13-,14-/m0/s1. The van der Waals surface area contributed by atoms with Crippen LogP contribution < -0.4 is 5.32 Å². The van der Waals surface area contributed by atoms with Gasteiger partial charge in [-0.3, -0.25) is 4.79 Å². The molecule has 8 nitrogen and oxygen atoms in total. The summed E-state index contributed by atoms with van der Waals surface area (Å²) in [4.78, 5) is 16.3. The van der Waals surface area contributed by atoms with Crippen LogP contribution in [-0.4, -0.2) is 41.4 Å². The summed E-state index contributed by atoms with van der Waals surface area (Å²) in [5.74, 6) is 0.967. The van der Waals surface area contributed by atoms with Gasteiger partial charge in [0, 0.05) is 12.2 Å². The van der Waals surface area contributed by atoms with E-state index in [1.54, 1.807) is 6.92 Å². The Bertz CT molecular complexity index is 689. The fraction of sp³-hybridized carbons (Fsp3) is 0.562. The first kappa shape index (κ1) is 16.7. The Morgan fingerprint density at radius 2 is 2.21 bits per heavy atom. The van der Waals surface area contributed by atoms with Crippen LogP contribution in [0.3, 0.4) is 0 Å². The third-order valence-electron chi connectivity index (χ3n) is 4.20. The van der Waals surface area contributed by atoms with Crippen molar-refractivity contribution in [3.63, 3.8) is 0 Å². The Morgan fingerprint density at radius 1 is 1.38 bits per heavy atom. The van der Waals surface area contributed by atoms with Gasteiger partial charge in [0.1, 0.15) is 17.6 Å². The number of oxazole rings is 1. The van der Waals surface area contributed by atoms with Crippen molar-refractivity contribution < 1.29 is 23.2 Å². The minimum Gasteiger partial charge on any atom is -0.448 e. The summed E-state index contributed by atoms with van der Waals surface area (Å²) in [6.07, 6.45) is 1.69. The van der Waals surface area contributed by atoms with Crippen LogP contribution in [0, 0.1) is 20.8 Å². The molecule has 1 aliphatic heterocycles. The average molecular weight is 335 g/mol. The summed E-state index contributed by atoms with van der Waals surface area (Å²) < 4.78 is 21.7. The molecule has 0 radical (unpaired) electrons. The maximum Gasteiger partial charge on any atom is 0.273 e. The van der Waals surface area contributed by atoms with Crippen LogP contribution in [0.25, 0.3) is 0 Å². The quantitative estimate of drug-likeness (QED) is 0.887. The minimum absolute atomic E-state index is 0.150. The zero-order valence-corrected chi connectivity index (χ0v) is 14.0. The smallest absolute Gasteiger partial charge is 0.273 e. The molecular formula is C16H21N3O5. The second kappa shape index (κ2) is 7.14. The number of ether oxygens (including phenoxy) is 2. The molecule has 0 unspecified atom stereocenters. The third kappa shape index (κ3) is 3.49. The number of carbonyl (C=O) groups excluding carboxylic acids is 1. The number of aryl methyl sites for hydroxylation is 3. The van der Waals surface area contributed by atoms with Crippen molar-refractivity contribution in [2.45, 2.75) is 45.9 Å². The number of rotatable bonds is 5. The minimum atomic E-state index is -0.265. The number of nitrogens with one attached hydrogen (secondary N) is 1. The highest BCUT2D eigenvalue weighted by Crippen LogP contribution is 2.18. The van der Waals surface area contributed by atoms with Crippen LogP contribution in [0.1, 0.15) is 39.7 Å². The van der Waals surface area contributed by atoms with Crippen molar-refractivity contribution in [1.82, 2.24) is 15.5 Å². The molecule has 1 fully saturated rings. The van der Waals surface area contributed by atoms with E-state index in [9.17, 15) is 4.79 Å². The Kier molecular flexibility index (Phi) is 4.96. The molecule has 8 heteroatoms. The van der Waals surface area contributed by atoms with Crippen molar-refractivity contribution in [3.05, 3.63) is 34.9 Å². The fourth-order valence-corrected chi connectivity index (χ4v) is 2.70. The molecule has 2 aromatic rings. The predicted octanol–water partition coefficient (Wildman–Crippen LogP) is 1.69. The van der Waals surface area contributed by atoms with Gasteiger partial charge in [0.2, 0.25) is 0 Å². The van der Waals surface area contributed by atoms with Crippen LogP contribution in [-0.2, 0) is 16.1 Å². The fourth-order valence-electron chi connectivity index (χ4n) is 2.70. The van der Waals surface area contributed by atoms with Crippen molar-refractivity contribution in [2.75, 3.05) is 13.2 Å². The highest BCUT2D eigenvalue weighted by Gasteiger charge is 2.30. The number of nitrogens with zero attached hydrogens (tertiary/aromatic N) is 2. The molecule has 0 bridgehead atoms. The van der Waals surface area contributed by atoms with E-state index in [1.165, 1.54) is 6.39 Å². The zero-order valence-electron chi connectivity index (χ0n) is 14.0. The summed E-state index contributed by atoms with van der Waals surface area (Å²) in [6, 6.07) is -0.150. The summed E-state index contributed by atoms with van der Waals surface area (Å²) in [5, 5.41) is 6.88. The summed E-state index contributed by atoms with van der Waals surface area (Å²) in [7, 11) is 0. The first-order valence-electron chi connectivity index (χ1n) is 7.88. The molecule has 2 atom stereocenters. The first-order chi connectivity index (χ1) is 11.6. The van der Waals surface area contributed by atoms with Gasteiger partial charge in [-0.1, -0.05) is 5.16 Å². The second-order valence-electron chi connectivity index (χ2n) is 5.85. The molecule has 0 spiro atoms. The van der Waals surface area contributed by atoms with E-state index in [4.69, 9.17) is 18.4 Å². The molecule has 3 rings (SSSR count). The molecule has 2 aromatic heterocycles. The van der Waals surface area contributed by atoms with E-state index in [2.05, 4.69) is 15.5 Å². The molecule has 1 N–H and O–H groups in total. The van der Waals surface area contributed by atoms with E-state index in [1.807, 2.05) is 13.8 Å². The monoisotopic (exact) mass is 335 g/mol. The molecule has 0 aromatic carbocycles. The Morgan fingerprint density at radius 3 is 2.88 bits per heavy atom. The van der Waals surface area contributed by atoms with Crippen LogP contribution >= 0.6 is 0 Å². The van der Waals surface area contributed by atoms with E-state index in [-0.39, 0.29) is 18.1 Å². The maximum atomic E-state index is 12.3. The molecule has 0 saturated carbocycles. The van der Waals surface area contributed by atoms with Crippen LogP contribution in [0.15, 0.2) is 15.3 Å². The van der Waals surface area contributed by atoms with Crippen molar-refractivity contribution in [3.8, 4) is 0 Å². The number of hydrogen-bond acceptors (Lipinski definition) is 7. The van der Waals surface area contributed by atoms with E-state index < -0.39 is 0 Å². The number of hydrogen-bond donors (Lipinski definition) is 1. The normalized spacial score (nSPS) is 21.0. The van der Waals surface area contributed by atoms with Crippen LogP contribution in [0.5, 0.6) is 0 Å². The molecule has 24 heavy (non-hydrogen) atoms. The molecule has 1 saturated heterocycles. The van der Waals surface area contributed by atoms with Gasteiger partial charge in [0.05, 0.1) is 24.9 Å². The molecular weight excluding hydrogens is 314 g/mol. The van der Waals surface area contributed by atoms with Gasteiger partial charge in [-0.2, -0.15) is 0 Å². The highest BCUT2D eigenvalue weighted by atomic mass is 16.5. The summed E-state index contributed by atoms with van der Waals surface area (Å²) >= 11 is 0. The summed E-state index contributed by atoms with van der Waals surface area (Å²) in [5.41, 5.74) is 2.03. The second-order valence-corrected chi connectivity index (χ2v) is 5.85. The molecule has 1 amide bonds. The maximum absolute atomic E-state index is 12.3. The van der Waals surface area contributed by atoms with Crippen LogP contribution in [0.2, 0.25) is 0 Å². The topological polar surface area (TPSA) is 99.6 Å². The Balaban J connectivity index is 1.63. The number of aromatic nitrogens is 2. The number of amides is 1. The lowest BCUT2D eigenvalue weighted by molar-refractivity contribution is -0.0739. The summed E-state index contributed by atoms with van der Waals surface area (Å²) in [6.45, 7) is 6.80. The van der Waals surface area contributed by atoms with Gasteiger partial charge < -0.3 is 23.7 Å². The third-order valence-corrected chi connectivity index (χ3v) is 4.20. The van der Waals surface area contributed by atoms with Gasteiger partial charge in [-0.05, 0) is 27.2 Å². The molecule has 0 aliphatic carbocycles. The van der Waals surface area contributed by atoms with Crippen LogP contribution in [0.4, 0.5) is 0 Å². The lowest BCUT2D eigenvalue weighted by Gasteiger charge is -2.31. The first-order valence-corrected chi connectivity index (χ1v) is 7.88. The van der Waals surface area contributed by atoms with Crippen molar-refractivity contribution in [1.29, 1.82) is 0 Å². The van der Waals surface area contributed by atoms with E-state index in [0.717, 1.165) is 17.0 Å². The molecule has 1 aliphatic rings. The van der Waals surface area contributed by atoms with Crippen molar-refractivity contribution >= 4 is 5.91 Å². The van der Waals surface area contributed by atoms with Gasteiger partial charge in [0.25, 0.3) is 5.91 Å². The zero-order chi connectivity index (χ0) is 17.1. The van der Waals surface area contributed by atoms with E-state index in [0.29, 0.717) is 37.7 Å². The lowest BCUT2D eigenvalue weighted by Crippen LogP contribution is -2.50. The highest BCUT2D eigenvalue weighted by molar-refractivity contribution is 5.93. The largest absolute Gasteiger partial charge is 0.448 e. The lowest BCUT2D eigenvalue weighted by atomic mass is 10.1. The average Bonchev–Trinajstić information content (AvgIpc) is 3.13. The van der Waals surface area contributed by atoms with Gasteiger partial charge in [-0.25, -0.2) is 4.98 Å².